The number of aldehydes is 1. The minimum Gasteiger partial charge on any atom is -0.395 e. The van der Waals surface area contributed by atoms with Crippen LogP contribution in [0, 0.1) is 6.92 Å². The first-order chi connectivity index (χ1) is 7.15. The van der Waals surface area contributed by atoms with Crippen LogP contribution in [0.2, 0.25) is 0 Å². The Balaban J connectivity index is 2.76. The van der Waals surface area contributed by atoms with Crippen LogP contribution in [0.4, 0.5) is 0 Å². The molecule has 0 heterocycles. The molecular formula is C12H17NO2. The zero-order valence-corrected chi connectivity index (χ0v) is 9.23. The number of aliphatic hydroxyl groups excluding tert-OH is 1. The summed E-state index contributed by atoms with van der Waals surface area (Å²) in [5.74, 6) is 0. The Labute approximate surface area is 90.3 Å². The van der Waals surface area contributed by atoms with E-state index in [1.165, 1.54) is 0 Å². The summed E-state index contributed by atoms with van der Waals surface area (Å²) in [7, 11) is 1.94. The average molecular weight is 207 g/mol. The van der Waals surface area contributed by atoms with Gasteiger partial charge in [0, 0.05) is 18.7 Å². The second-order valence-electron chi connectivity index (χ2n) is 3.83. The standard InChI is InChI=1S/C12H17NO2/c1-10-5-11(7-12(6-10)9-15)8-13(2)3-4-14/h5-7,9,14H,3-4,8H2,1-2H3. The third kappa shape index (κ3) is 3.81. The van der Waals surface area contributed by atoms with Gasteiger partial charge in [0.15, 0.2) is 0 Å². The lowest BCUT2D eigenvalue weighted by molar-refractivity contribution is 0.112. The van der Waals surface area contributed by atoms with Crippen LogP contribution in [-0.4, -0.2) is 36.5 Å². The molecule has 0 spiro atoms. The summed E-state index contributed by atoms with van der Waals surface area (Å²) in [6.45, 7) is 3.53. The fourth-order valence-electron chi connectivity index (χ4n) is 1.62. The fourth-order valence-corrected chi connectivity index (χ4v) is 1.62. The van der Waals surface area contributed by atoms with Crippen molar-refractivity contribution in [1.82, 2.24) is 4.90 Å². The molecule has 0 aliphatic heterocycles. The summed E-state index contributed by atoms with van der Waals surface area (Å²) >= 11 is 0. The highest BCUT2D eigenvalue weighted by atomic mass is 16.3. The summed E-state index contributed by atoms with van der Waals surface area (Å²) in [4.78, 5) is 12.7. The van der Waals surface area contributed by atoms with E-state index in [1.807, 2.05) is 31.0 Å². The third-order valence-corrected chi connectivity index (χ3v) is 2.23. The molecular weight excluding hydrogens is 190 g/mol. The van der Waals surface area contributed by atoms with Crippen molar-refractivity contribution in [2.24, 2.45) is 0 Å². The first-order valence-corrected chi connectivity index (χ1v) is 5.01. The van der Waals surface area contributed by atoms with Crippen LogP contribution in [0.3, 0.4) is 0 Å². The lowest BCUT2D eigenvalue weighted by Crippen LogP contribution is -2.21. The van der Waals surface area contributed by atoms with Gasteiger partial charge in [-0.05, 0) is 31.7 Å². The summed E-state index contributed by atoms with van der Waals surface area (Å²) in [6, 6.07) is 5.80. The molecule has 0 radical (unpaired) electrons. The highest BCUT2D eigenvalue weighted by Gasteiger charge is 2.01. The Bertz CT molecular complexity index is 336. The number of hydrogen-bond acceptors (Lipinski definition) is 3. The van der Waals surface area contributed by atoms with Gasteiger partial charge in [-0.2, -0.15) is 0 Å². The van der Waals surface area contributed by atoms with Crippen molar-refractivity contribution in [2.45, 2.75) is 13.5 Å². The molecule has 0 saturated carbocycles. The highest BCUT2D eigenvalue weighted by Crippen LogP contribution is 2.10. The lowest BCUT2D eigenvalue weighted by Gasteiger charge is -2.15. The molecule has 0 bridgehead atoms. The molecule has 0 amide bonds. The van der Waals surface area contributed by atoms with Crippen molar-refractivity contribution in [2.75, 3.05) is 20.2 Å². The van der Waals surface area contributed by atoms with Crippen molar-refractivity contribution in [3.05, 3.63) is 34.9 Å². The fraction of sp³-hybridized carbons (Fsp3) is 0.417. The monoisotopic (exact) mass is 207 g/mol. The van der Waals surface area contributed by atoms with Crippen LogP contribution in [0.15, 0.2) is 18.2 Å². The zero-order valence-electron chi connectivity index (χ0n) is 9.23. The first kappa shape index (κ1) is 11.9. The normalized spacial score (nSPS) is 10.7. The Morgan fingerprint density at radius 3 is 2.73 bits per heavy atom. The van der Waals surface area contributed by atoms with E-state index in [9.17, 15) is 4.79 Å². The van der Waals surface area contributed by atoms with Crippen LogP contribution in [0.5, 0.6) is 0 Å². The summed E-state index contributed by atoms with van der Waals surface area (Å²) in [5, 5.41) is 8.77. The Morgan fingerprint density at radius 2 is 2.13 bits per heavy atom. The number of rotatable bonds is 5. The summed E-state index contributed by atoms with van der Waals surface area (Å²) in [6.07, 6.45) is 0.864. The Hall–Kier alpha value is -1.19. The van der Waals surface area contributed by atoms with Gasteiger partial charge in [0.05, 0.1) is 6.61 Å². The number of benzene rings is 1. The number of hydrogen-bond donors (Lipinski definition) is 1. The molecule has 0 aromatic heterocycles. The minimum absolute atomic E-state index is 0.156. The zero-order chi connectivity index (χ0) is 11.3. The molecule has 0 saturated heterocycles. The highest BCUT2D eigenvalue weighted by molar-refractivity contribution is 5.75. The van der Waals surface area contributed by atoms with Gasteiger partial charge < -0.3 is 5.11 Å². The first-order valence-electron chi connectivity index (χ1n) is 5.01. The molecule has 0 aliphatic carbocycles. The van der Waals surface area contributed by atoms with Gasteiger partial charge in [-0.25, -0.2) is 0 Å². The predicted octanol–water partition coefficient (Wildman–Crippen LogP) is 1.23. The maximum absolute atomic E-state index is 10.7. The second-order valence-corrected chi connectivity index (χ2v) is 3.83. The molecule has 1 aromatic rings. The van der Waals surface area contributed by atoms with E-state index in [0.29, 0.717) is 12.1 Å². The largest absolute Gasteiger partial charge is 0.395 e. The molecule has 0 fully saturated rings. The molecule has 15 heavy (non-hydrogen) atoms. The molecule has 1 aromatic carbocycles. The molecule has 82 valence electrons. The maximum Gasteiger partial charge on any atom is 0.150 e. The predicted molar refractivity (Wildman–Crippen MR) is 60.0 cm³/mol. The number of aryl methyl sites for hydroxylation is 1. The van der Waals surface area contributed by atoms with Crippen molar-refractivity contribution in [3.63, 3.8) is 0 Å². The third-order valence-electron chi connectivity index (χ3n) is 2.23. The van der Waals surface area contributed by atoms with Gasteiger partial charge in [0.25, 0.3) is 0 Å². The summed E-state index contributed by atoms with van der Waals surface area (Å²) in [5.41, 5.74) is 2.91. The van der Waals surface area contributed by atoms with E-state index in [2.05, 4.69) is 6.07 Å². The van der Waals surface area contributed by atoms with E-state index in [1.54, 1.807) is 0 Å². The number of carbonyl (C=O) groups is 1. The number of aliphatic hydroxyl groups is 1. The molecule has 1 rings (SSSR count). The molecule has 0 aliphatic rings. The van der Waals surface area contributed by atoms with Crippen LogP contribution >= 0.6 is 0 Å². The van der Waals surface area contributed by atoms with E-state index < -0.39 is 0 Å². The van der Waals surface area contributed by atoms with Crippen molar-refractivity contribution >= 4 is 6.29 Å². The van der Waals surface area contributed by atoms with Crippen molar-refractivity contribution < 1.29 is 9.90 Å². The lowest BCUT2D eigenvalue weighted by atomic mass is 10.1. The van der Waals surface area contributed by atoms with E-state index >= 15 is 0 Å². The molecule has 0 unspecified atom stereocenters. The minimum atomic E-state index is 0.156. The van der Waals surface area contributed by atoms with Crippen LogP contribution in [0.25, 0.3) is 0 Å². The van der Waals surface area contributed by atoms with Crippen LogP contribution in [0.1, 0.15) is 21.5 Å². The number of nitrogens with zero attached hydrogens (tertiary/aromatic N) is 1. The average Bonchev–Trinajstić information content (AvgIpc) is 2.17. The van der Waals surface area contributed by atoms with Gasteiger partial charge >= 0.3 is 0 Å². The molecule has 3 heteroatoms. The van der Waals surface area contributed by atoms with Gasteiger partial charge in [0.2, 0.25) is 0 Å². The van der Waals surface area contributed by atoms with Gasteiger partial charge in [-0.15, -0.1) is 0 Å². The number of carbonyl (C=O) groups excluding carboxylic acids is 1. The molecule has 3 nitrogen and oxygen atoms in total. The van der Waals surface area contributed by atoms with Crippen LogP contribution < -0.4 is 0 Å². The molecule has 0 atom stereocenters. The van der Waals surface area contributed by atoms with Gasteiger partial charge in [-0.1, -0.05) is 11.6 Å². The van der Waals surface area contributed by atoms with Crippen LogP contribution in [-0.2, 0) is 6.54 Å². The Morgan fingerprint density at radius 1 is 1.40 bits per heavy atom. The Kier molecular flexibility index (Phi) is 4.46. The molecule has 1 N–H and O–H groups in total. The quantitative estimate of drug-likeness (QED) is 0.738. The van der Waals surface area contributed by atoms with E-state index in [-0.39, 0.29) is 6.61 Å². The van der Waals surface area contributed by atoms with E-state index in [4.69, 9.17) is 5.11 Å². The SMILES string of the molecule is Cc1cc(C=O)cc(CN(C)CCO)c1. The topological polar surface area (TPSA) is 40.5 Å². The van der Waals surface area contributed by atoms with Gasteiger partial charge in [-0.3, -0.25) is 9.69 Å². The van der Waals surface area contributed by atoms with Gasteiger partial charge in [0.1, 0.15) is 6.29 Å². The summed E-state index contributed by atoms with van der Waals surface area (Å²) < 4.78 is 0. The second kappa shape index (κ2) is 5.63. The maximum atomic E-state index is 10.7. The number of likely N-dealkylation sites (N-methyl/N-ethyl adjacent to an activating group) is 1. The van der Waals surface area contributed by atoms with Crippen molar-refractivity contribution in [3.8, 4) is 0 Å². The van der Waals surface area contributed by atoms with E-state index in [0.717, 1.165) is 24.0 Å². The smallest absolute Gasteiger partial charge is 0.150 e. The van der Waals surface area contributed by atoms with Crippen molar-refractivity contribution in [1.29, 1.82) is 0 Å².